The van der Waals surface area contributed by atoms with Crippen molar-refractivity contribution in [3.8, 4) is 0 Å². The van der Waals surface area contributed by atoms with Gasteiger partial charge in [0, 0.05) is 5.71 Å². The lowest BCUT2D eigenvalue weighted by Gasteiger charge is -2.05. The second-order valence-corrected chi connectivity index (χ2v) is 3.12. The van der Waals surface area contributed by atoms with Gasteiger partial charge >= 0.3 is 0 Å². The number of benzene rings is 1. The van der Waals surface area contributed by atoms with Crippen molar-refractivity contribution < 1.29 is 0 Å². The molecule has 1 heteroatoms. The normalized spacial score (nSPS) is 9.92. The average Bonchev–Trinajstić information content (AvgIpc) is 2.05. The lowest BCUT2D eigenvalue weighted by atomic mass is 10.0. The fourth-order valence-electron chi connectivity index (χ4n) is 1.29. The summed E-state index contributed by atoms with van der Waals surface area (Å²) in [5.74, 6) is 0. The van der Waals surface area contributed by atoms with Crippen LogP contribution in [0.3, 0.4) is 0 Å². The van der Waals surface area contributed by atoms with Crippen LogP contribution in [-0.2, 0) is 6.42 Å². The highest BCUT2D eigenvalue weighted by Gasteiger charge is 1.99. The molecule has 0 aliphatic carbocycles. The molecule has 0 amide bonds. The van der Waals surface area contributed by atoms with E-state index in [0.29, 0.717) is 5.71 Å². The van der Waals surface area contributed by atoms with Crippen LogP contribution in [0.5, 0.6) is 0 Å². The molecule has 0 bridgehead atoms. The molecule has 12 heavy (non-hydrogen) atoms. The molecule has 0 spiro atoms. The van der Waals surface area contributed by atoms with Crippen LogP contribution in [0.15, 0.2) is 18.2 Å². The molecule has 0 atom stereocenters. The molecule has 0 fully saturated rings. The molecular weight excluding hydrogens is 146 g/mol. The maximum atomic E-state index is 7.48. The van der Waals surface area contributed by atoms with Crippen molar-refractivity contribution in [2.45, 2.75) is 27.2 Å². The number of nitrogens with one attached hydrogen (secondary N) is 1. The van der Waals surface area contributed by atoms with Gasteiger partial charge in [-0.3, -0.25) is 0 Å². The molecule has 0 heterocycles. The van der Waals surface area contributed by atoms with E-state index in [0.717, 1.165) is 12.0 Å². The van der Waals surface area contributed by atoms with Crippen molar-refractivity contribution in [1.29, 1.82) is 5.41 Å². The Kier molecular flexibility index (Phi) is 2.64. The van der Waals surface area contributed by atoms with Crippen LogP contribution < -0.4 is 0 Å². The summed E-state index contributed by atoms with van der Waals surface area (Å²) in [6.45, 7) is 6.08. The van der Waals surface area contributed by atoms with E-state index >= 15 is 0 Å². The van der Waals surface area contributed by atoms with Gasteiger partial charge in [0.25, 0.3) is 0 Å². The van der Waals surface area contributed by atoms with E-state index < -0.39 is 0 Å². The van der Waals surface area contributed by atoms with Crippen molar-refractivity contribution in [3.63, 3.8) is 0 Å². The summed E-state index contributed by atoms with van der Waals surface area (Å²) < 4.78 is 0. The minimum absolute atomic E-state index is 0.643. The summed E-state index contributed by atoms with van der Waals surface area (Å²) in [7, 11) is 0. The molecule has 0 radical (unpaired) electrons. The third-order valence-corrected chi connectivity index (χ3v) is 2.16. The fraction of sp³-hybridized carbons (Fsp3) is 0.364. The van der Waals surface area contributed by atoms with Gasteiger partial charge in [-0.2, -0.15) is 0 Å². The van der Waals surface area contributed by atoms with Crippen molar-refractivity contribution >= 4 is 5.71 Å². The van der Waals surface area contributed by atoms with E-state index in [1.54, 1.807) is 0 Å². The molecule has 1 aromatic rings. The maximum absolute atomic E-state index is 7.48. The molecule has 64 valence electrons. The number of rotatable bonds is 2. The van der Waals surface area contributed by atoms with Gasteiger partial charge in [0.15, 0.2) is 0 Å². The lowest BCUT2D eigenvalue weighted by molar-refractivity contribution is 1.11. The zero-order valence-electron chi connectivity index (χ0n) is 7.94. The molecule has 0 aromatic heterocycles. The van der Waals surface area contributed by atoms with Crippen LogP contribution in [0.2, 0.25) is 0 Å². The number of hydrogen-bond acceptors (Lipinski definition) is 1. The standard InChI is InChI=1S/C11H15N/c1-4-10-7-11(9(3)12)6-5-8(10)2/h5-7,12H,4H2,1-3H3. The summed E-state index contributed by atoms with van der Waals surface area (Å²) in [5.41, 5.74) is 4.35. The topological polar surface area (TPSA) is 23.9 Å². The Morgan fingerprint density at radius 2 is 2.08 bits per heavy atom. The number of hydrogen-bond donors (Lipinski definition) is 1. The van der Waals surface area contributed by atoms with Gasteiger partial charge in [-0.25, -0.2) is 0 Å². The van der Waals surface area contributed by atoms with Crippen LogP contribution in [0.1, 0.15) is 30.5 Å². The van der Waals surface area contributed by atoms with Gasteiger partial charge in [0.1, 0.15) is 0 Å². The van der Waals surface area contributed by atoms with Crippen molar-refractivity contribution in [3.05, 3.63) is 34.9 Å². The van der Waals surface area contributed by atoms with Gasteiger partial charge in [0.2, 0.25) is 0 Å². The third kappa shape index (κ3) is 1.73. The minimum atomic E-state index is 0.643. The molecule has 1 rings (SSSR count). The number of aryl methyl sites for hydroxylation is 2. The van der Waals surface area contributed by atoms with Gasteiger partial charge < -0.3 is 5.41 Å². The Morgan fingerprint density at radius 1 is 1.42 bits per heavy atom. The predicted octanol–water partition coefficient (Wildman–Crippen LogP) is 2.95. The van der Waals surface area contributed by atoms with Crippen LogP contribution in [0, 0.1) is 12.3 Å². The van der Waals surface area contributed by atoms with E-state index in [9.17, 15) is 0 Å². The summed E-state index contributed by atoms with van der Waals surface area (Å²) in [6.07, 6.45) is 1.05. The Hall–Kier alpha value is -1.11. The van der Waals surface area contributed by atoms with Crippen LogP contribution in [0.4, 0.5) is 0 Å². The van der Waals surface area contributed by atoms with Crippen LogP contribution in [-0.4, -0.2) is 5.71 Å². The summed E-state index contributed by atoms with van der Waals surface area (Å²) >= 11 is 0. The quantitative estimate of drug-likeness (QED) is 0.645. The molecule has 0 unspecified atom stereocenters. The Balaban J connectivity index is 3.13. The summed E-state index contributed by atoms with van der Waals surface area (Å²) in [5, 5.41) is 7.48. The summed E-state index contributed by atoms with van der Waals surface area (Å²) in [6, 6.07) is 6.21. The van der Waals surface area contributed by atoms with Crippen LogP contribution >= 0.6 is 0 Å². The van der Waals surface area contributed by atoms with E-state index in [2.05, 4.69) is 26.0 Å². The molecule has 0 aliphatic heterocycles. The first kappa shape index (κ1) is 8.98. The first-order valence-electron chi connectivity index (χ1n) is 4.30. The minimum Gasteiger partial charge on any atom is -0.305 e. The predicted molar refractivity (Wildman–Crippen MR) is 53.1 cm³/mol. The largest absolute Gasteiger partial charge is 0.305 e. The molecule has 1 aromatic carbocycles. The average molecular weight is 161 g/mol. The maximum Gasteiger partial charge on any atom is 0.0355 e. The Bertz CT molecular complexity index is 300. The zero-order chi connectivity index (χ0) is 9.14. The second kappa shape index (κ2) is 3.53. The second-order valence-electron chi connectivity index (χ2n) is 3.12. The van der Waals surface area contributed by atoms with Gasteiger partial charge in [0.05, 0.1) is 0 Å². The highest BCUT2D eigenvalue weighted by Crippen LogP contribution is 2.11. The molecule has 1 nitrogen and oxygen atoms in total. The van der Waals surface area contributed by atoms with Crippen molar-refractivity contribution in [1.82, 2.24) is 0 Å². The smallest absolute Gasteiger partial charge is 0.0355 e. The van der Waals surface area contributed by atoms with E-state index in [1.165, 1.54) is 11.1 Å². The molecule has 0 saturated carbocycles. The van der Waals surface area contributed by atoms with E-state index in [4.69, 9.17) is 5.41 Å². The fourth-order valence-corrected chi connectivity index (χ4v) is 1.29. The van der Waals surface area contributed by atoms with Gasteiger partial charge in [-0.15, -0.1) is 0 Å². The Morgan fingerprint density at radius 3 is 2.58 bits per heavy atom. The highest BCUT2D eigenvalue weighted by atomic mass is 14.4. The van der Waals surface area contributed by atoms with E-state index in [1.807, 2.05) is 13.0 Å². The van der Waals surface area contributed by atoms with Gasteiger partial charge in [-0.05, 0) is 43.0 Å². The zero-order valence-corrected chi connectivity index (χ0v) is 7.94. The Labute approximate surface area is 73.9 Å². The van der Waals surface area contributed by atoms with E-state index in [-0.39, 0.29) is 0 Å². The molecular formula is C11H15N. The highest BCUT2D eigenvalue weighted by molar-refractivity contribution is 5.96. The lowest BCUT2D eigenvalue weighted by Crippen LogP contribution is -1.95. The summed E-state index contributed by atoms with van der Waals surface area (Å²) in [4.78, 5) is 0. The monoisotopic (exact) mass is 161 g/mol. The SMILES string of the molecule is CCc1cc(C(C)=N)ccc1C. The van der Waals surface area contributed by atoms with Crippen LogP contribution in [0.25, 0.3) is 0 Å². The molecule has 0 saturated heterocycles. The first-order chi connectivity index (χ1) is 5.65. The molecule has 0 aliphatic rings. The molecule has 1 N–H and O–H groups in total. The van der Waals surface area contributed by atoms with Gasteiger partial charge in [-0.1, -0.05) is 19.1 Å². The van der Waals surface area contributed by atoms with Crippen molar-refractivity contribution in [2.75, 3.05) is 0 Å². The third-order valence-electron chi connectivity index (χ3n) is 2.16. The van der Waals surface area contributed by atoms with Crippen molar-refractivity contribution in [2.24, 2.45) is 0 Å². The first-order valence-corrected chi connectivity index (χ1v) is 4.30.